The van der Waals surface area contributed by atoms with Gasteiger partial charge in [0.1, 0.15) is 5.54 Å². The minimum absolute atomic E-state index is 0.0806. The van der Waals surface area contributed by atoms with Crippen LogP contribution >= 0.6 is 0 Å². The van der Waals surface area contributed by atoms with Crippen molar-refractivity contribution >= 4 is 23.3 Å². The number of nitrogens with one attached hydrogen (secondary N) is 2. The van der Waals surface area contributed by atoms with Crippen LogP contribution in [0.15, 0.2) is 12.1 Å². The summed E-state index contributed by atoms with van der Waals surface area (Å²) in [4.78, 5) is 43.6. The van der Waals surface area contributed by atoms with E-state index in [9.17, 15) is 34.9 Å². The molecule has 0 aliphatic carbocycles. The first-order valence-electron chi connectivity index (χ1n) is 6.98. The Kier molecular flexibility index (Phi) is 4.35. The maximum absolute atomic E-state index is 12.1. The van der Waals surface area contributed by atoms with Gasteiger partial charge in [0, 0.05) is 18.6 Å². The Morgan fingerprint density at radius 2 is 1.71 bits per heavy atom. The number of imide groups is 1. The van der Waals surface area contributed by atoms with E-state index in [-0.39, 0.29) is 18.4 Å². The van der Waals surface area contributed by atoms with Gasteiger partial charge in [0.2, 0.25) is 0 Å². The molecule has 1 saturated heterocycles. The number of carbonyl (C=O) groups excluding carboxylic acids is 2. The molecule has 1 aliphatic heterocycles. The van der Waals surface area contributed by atoms with Crippen LogP contribution in [0.1, 0.15) is 25.3 Å². The molecule has 0 radical (unpaired) electrons. The smallest absolute Gasteiger partial charge is 0.322 e. The number of urea groups is 1. The lowest BCUT2D eigenvalue weighted by atomic mass is 9.86. The van der Waals surface area contributed by atoms with Crippen molar-refractivity contribution in [2.75, 3.05) is 0 Å². The highest BCUT2D eigenvalue weighted by molar-refractivity contribution is 6.07. The first-order chi connectivity index (χ1) is 11.2. The molecule has 0 aromatic heterocycles. The van der Waals surface area contributed by atoms with Crippen LogP contribution in [0.5, 0.6) is 5.75 Å². The molecule has 24 heavy (non-hydrogen) atoms. The highest BCUT2D eigenvalue weighted by Gasteiger charge is 2.46. The number of benzene rings is 1. The molecule has 0 saturated carbocycles. The minimum atomic E-state index is -1.34. The molecular formula is C13H14N4O7. The van der Waals surface area contributed by atoms with Gasteiger partial charge >= 0.3 is 17.4 Å². The van der Waals surface area contributed by atoms with Gasteiger partial charge in [-0.1, -0.05) is 13.3 Å². The molecule has 1 aromatic rings. The molecule has 1 aromatic carbocycles. The number of carbonyl (C=O) groups is 2. The van der Waals surface area contributed by atoms with Crippen molar-refractivity contribution in [3.63, 3.8) is 0 Å². The lowest BCUT2D eigenvalue weighted by Crippen LogP contribution is -2.48. The van der Waals surface area contributed by atoms with E-state index >= 15 is 0 Å². The molecular weight excluding hydrogens is 324 g/mol. The maximum Gasteiger partial charge on any atom is 0.322 e. The summed E-state index contributed by atoms with van der Waals surface area (Å²) in [5.41, 5.74) is -2.94. The fourth-order valence-corrected chi connectivity index (χ4v) is 2.73. The van der Waals surface area contributed by atoms with Crippen molar-refractivity contribution in [2.24, 2.45) is 0 Å². The van der Waals surface area contributed by atoms with Crippen LogP contribution in [0.3, 0.4) is 0 Å². The summed E-state index contributed by atoms with van der Waals surface area (Å²) in [5, 5.41) is 36.2. The molecule has 1 heterocycles. The van der Waals surface area contributed by atoms with Gasteiger partial charge in [0.15, 0.2) is 0 Å². The molecule has 128 valence electrons. The SMILES string of the molecule is CCCC1(Cc2cc([N+](=O)[O-])c(O)c([N+](=O)[O-])c2)NC(=O)NC1=O. The first-order valence-corrected chi connectivity index (χ1v) is 6.98. The number of hydrogen-bond donors (Lipinski definition) is 3. The number of phenols is 1. The summed E-state index contributed by atoms with van der Waals surface area (Å²) in [6.07, 6.45) is 0.587. The highest BCUT2D eigenvalue weighted by Crippen LogP contribution is 2.38. The predicted molar refractivity (Wildman–Crippen MR) is 79.4 cm³/mol. The summed E-state index contributed by atoms with van der Waals surface area (Å²) >= 11 is 0. The van der Waals surface area contributed by atoms with E-state index in [0.29, 0.717) is 6.42 Å². The number of aromatic hydroxyl groups is 1. The van der Waals surface area contributed by atoms with E-state index in [1.807, 2.05) is 0 Å². The van der Waals surface area contributed by atoms with E-state index in [1.54, 1.807) is 6.92 Å². The molecule has 0 bridgehead atoms. The van der Waals surface area contributed by atoms with Crippen molar-refractivity contribution in [3.8, 4) is 5.75 Å². The van der Waals surface area contributed by atoms with Crippen LogP contribution in [-0.2, 0) is 11.2 Å². The van der Waals surface area contributed by atoms with E-state index in [4.69, 9.17) is 0 Å². The Morgan fingerprint density at radius 1 is 1.17 bits per heavy atom. The summed E-state index contributed by atoms with van der Waals surface area (Å²) in [6, 6.07) is 1.21. The van der Waals surface area contributed by atoms with Crippen LogP contribution in [0.4, 0.5) is 16.2 Å². The Labute approximate surface area is 135 Å². The largest absolute Gasteiger partial charge is 0.497 e. The second-order valence-corrected chi connectivity index (χ2v) is 5.41. The van der Waals surface area contributed by atoms with Crippen LogP contribution in [0.25, 0.3) is 0 Å². The number of rotatable bonds is 6. The Morgan fingerprint density at radius 3 is 2.08 bits per heavy atom. The zero-order valence-corrected chi connectivity index (χ0v) is 12.6. The average molecular weight is 338 g/mol. The zero-order valence-electron chi connectivity index (χ0n) is 12.6. The Bertz CT molecular complexity index is 713. The number of hydrogen-bond acceptors (Lipinski definition) is 7. The van der Waals surface area contributed by atoms with Gasteiger partial charge in [0.25, 0.3) is 11.7 Å². The summed E-state index contributed by atoms with van der Waals surface area (Å²) < 4.78 is 0. The third kappa shape index (κ3) is 2.95. The average Bonchev–Trinajstić information content (AvgIpc) is 2.74. The van der Waals surface area contributed by atoms with Gasteiger partial charge in [-0.3, -0.25) is 30.3 Å². The molecule has 1 atom stereocenters. The number of nitro groups is 2. The van der Waals surface area contributed by atoms with Crippen molar-refractivity contribution in [3.05, 3.63) is 37.9 Å². The predicted octanol–water partition coefficient (Wildman–Crippen LogP) is 1.13. The van der Waals surface area contributed by atoms with Gasteiger partial charge in [-0.2, -0.15) is 0 Å². The van der Waals surface area contributed by atoms with Gasteiger partial charge in [-0.25, -0.2) is 4.79 Å². The second-order valence-electron chi connectivity index (χ2n) is 5.41. The lowest BCUT2D eigenvalue weighted by molar-refractivity contribution is -0.396. The number of phenolic OH excluding ortho intramolecular Hbond substituents is 1. The molecule has 0 spiro atoms. The third-order valence-electron chi connectivity index (χ3n) is 3.72. The van der Waals surface area contributed by atoms with Crippen molar-refractivity contribution < 1.29 is 24.5 Å². The quantitative estimate of drug-likeness (QED) is 0.397. The van der Waals surface area contributed by atoms with Crippen LogP contribution < -0.4 is 10.6 Å². The number of amides is 3. The fourth-order valence-electron chi connectivity index (χ4n) is 2.73. The van der Waals surface area contributed by atoms with Crippen molar-refractivity contribution in [1.29, 1.82) is 0 Å². The third-order valence-corrected chi connectivity index (χ3v) is 3.72. The van der Waals surface area contributed by atoms with E-state index in [1.165, 1.54) is 0 Å². The summed E-state index contributed by atoms with van der Waals surface area (Å²) in [5.74, 6) is -1.66. The molecule has 11 nitrogen and oxygen atoms in total. The van der Waals surface area contributed by atoms with Crippen LogP contribution in [0, 0.1) is 20.2 Å². The second kappa shape index (κ2) is 6.10. The molecule has 1 unspecified atom stereocenters. The monoisotopic (exact) mass is 338 g/mol. The van der Waals surface area contributed by atoms with Gasteiger partial charge in [-0.15, -0.1) is 0 Å². The van der Waals surface area contributed by atoms with Crippen LogP contribution in [0.2, 0.25) is 0 Å². The highest BCUT2D eigenvalue weighted by atomic mass is 16.6. The zero-order chi connectivity index (χ0) is 18.1. The van der Waals surface area contributed by atoms with Gasteiger partial charge in [-0.05, 0) is 12.0 Å². The molecule has 1 aliphatic rings. The topological polar surface area (TPSA) is 165 Å². The van der Waals surface area contributed by atoms with Gasteiger partial charge in [0.05, 0.1) is 9.85 Å². The number of nitrogens with zero attached hydrogens (tertiary/aromatic N) is 2. The molecule has 11 heteroatoms. The minimum Gasteiger partial charge on any atom is -0.497 e. The van der Waals surface area contributed by atoms with Crippen LogP contribution in [-0.4, -0.2) is 32.4 Å². The summed E-state index contributed by atoms with van der Waals surface area (Å²) in [6.45, 7) is 1.78. The van der Waals surface area contributed by atoms with Crippen molar-refractivity contribution in [1.82, 2.24) is 10.6 Å². The standard InChI is InChI=1S/C13H14N4O7/c1-2-3-13(11(19)14-12(20)15-13)6-7-4-8(16(21)22)10(18)9(5-7)17(23)24/h4-5,18H,2-3,6H2,1H3,(H2,14,15,19,20). The summed E-state index contributed by atoms with van der Waals surface area (Å²) in [7, 11) is 0. The first kappa shape index (κ1) is 17.1. The maximum atomic E-state index is 12.1. The van der Waals surface area contributed by atoms with Gasteiger partial charge < -0.3 is 10.4 Å². The Balaban J connectivity index is 2.51. The molecule has 3 N–H and O–H groups in total. The molecule has 2 rings (SSSR count). The van der Waals surface area contributed by atoms with E-state index in [0.717, 1.165) is 12.1 Å². The Hall–Kier alpha value is -3.24. The van der Waals surface area contributed by atoms with E-state index in [2.05, 4.69) is 10.6 Å². The van der Waals surface area contributed by atoms with Crippen molar-refractivity contribution in [2.45, 2.75) is 31.7 Å². The molecule has 1 fully saturated rings. The normalized spacial score (nSPS) is 19.7. The fraction of sp³-hybridized carbons (Fsp3) is 0.385. The lowest BCUT2D eigenvalue weighted by Gasteiger charge is -2.25. The molecule has 3 amide bonds. The number of nitro benzene ring substituents is 2. The van der Waals surface area contributed by atoms with E-state index < -0.39 is 44.4 Å².